The minimum atomic E-state index is -2.31. The molecule has 19 heavy (non-hydrogen) atoms. The van der Waals surface area contributed by atoms with Gasteiger partial charge in [0.1, 0.15) is 11.3 Å². The number of aryl methyl sites for hydroxylation is 1. The normalized spacial score (nSPS) is 10.8. The van der Waals surface area contributed by atoms with Crippen LogP contribution in [0, 0.1) is 29.1 Å². The summed E-state index contributed by atoms with van der Waals surface area (Å²) in [5.74, 6) is -12.3. The molecule has 8 heteroatoms. The number of hydrogen-bond donors (Lipinski definition) is 0. The van der Waals surface area contributed by atoms with E-state index >= 15 is 0 Å². The second kappa shape index (κ2) is 4.45. The molecule has 1 heterocycles. The summed E-state index contributed by atoms with van der Waals surface area (Å²) >= 11 is 0. The SMILES string of the molecule is Cn1nccc1C(=O)c1c(F)c(F)c(F)c(F)c1F. The fourth-order valence-electron chi connectivity index (χ4n) is 1.53. The van der Waals surface area contributed by atoms with Crippen molar-refractivity contribution in [3.63, 3.8) is 0 Å². The highest BCUT2D eigenvalue weighted by Crippen LogP contribution is 2.24. The standard InChI is InChI=1S/C11H5F5N2O/c1-18-4(2-3-17-18)11(19)5-6(12)8(14)10(16)9(15)7(5)13/h2-3H,1H3. The monoisotopic (exact) mass is 276 g/mol. The molecule has 1 aromatic carbocycles. The Kier molecular flexibility index (Phi) is 3.09. The van der Waals surface area contributed by atoms with Crippen LogP contribution in [-0.2, 0) is 7.05 Å². The van der Waals surface area contributed by atoms with Crippen molar-refractivity contribution in [3.05, 3.63) is 52.6 Å². The maximum atomic E-state index is 13.4. The summed E-state index contributed by atoms with van der Waals surface area (Å²) in [4.78, 5) is 11.8. The molecule has 0 unspecified atom stereocenters. The highest BCUT2D eigenvalue weighted by Gasteiger charge is 2.31. The van der Waals surface area contributed by atoms with Gasteiger partial charge in [-0.2, -0.15) is 5.10 Å². The Balaban J connectivity index is 2.71. The van der Waals surface area contributed by atoms with Crippen LogP contribution in [0.25, 0.3) is 0 Å². The molecule has 0 saturated carbocycles. The van der Waals surface area contributed by atoms with Crippen molar-refractivity contribution >= 4 is 5.78 Å². The first-order chi connectivity index (χ1) is 8.86. The van der Waals surface area contributed by atoms with E-state index < -0.39 is 40.4 Å². The lowest BCUT2D eigenvalue weighted by Gasteiger charge is -2.07. The molecule has 0 aliphatic carbocycles. The molecule has 0 aliphatic heterocycles. The van der Waals surface area contributed by atoms with Gasteiger partial charge >= 0.3 is 0 Å². The fourth-order valence-corrected chi connectivity index (χ4v) is 1.53. The third kappa shape index (κ3) is 1.88. The summed E-state index contributed by atoms with van der Waals surface area (Å²) in [6.45, 7) is 0. The van der Waals surface area contributed by atoms with Crippen LogP contribution in [0.4, 0.5) is 22.0 Å². The van der Waals surface area contributed by atoms with Crippen molar-refractivity contribution < 1.29 is 26.7 Å². The largest absolute Gasteiger partial charge is 0.287 e. The number of halogens is 5. The van der Waals surface area contributed by atoms with Gasteiger partial charge in [0.15, 0.2) is 23.3 Å². The van der Waals surface area contributed by atoms with Gasteiger partial charge < -0.3 is 0 Å². The Bertz CT molecular complexity index is 651. The molecule has 0 bridgehead atoms. The van der Waals surface area contributed by atoms with Gasteiger partial charge in [0, 0.05) is 13.2 Å². The number of rotatable bonds is 2. The molecule has 0 aliphatic rings. The highest BCUT2D eigenvalue weighted by molar-refractivity contribution is 6.08. The number of benzene rings is 1. The maximum absolute atomic E-state index is 13.4. The van der Waals surface area contributed by atoms with E-state index in [1.54, 1.807) is 0 Å². The van der Waals surface area contributed by atoms with Crippen LogP contribution < -0.4 is 0 Å². The highest BCUT2D eigenvalue weighted by atomic mass is 19.2. The van der Waals surface area contributed by atoms with Crippen LogP contribution in [0.2, 0.25) is 0 Å². The van der Waals surface area contributed by atoms with Crippen LogP contribution in [-0.4, -0.2) is 15.6 Å². The van der Waals surface area contributed by atoms with Gasteiger partial charge in [-0.3, -0.25) is 9.48 Å². The molecule has 100 valence electrons. The fraction of sp³-hybridized carbons (Fsp3) is 0.0909. The molecule has 0 fully saturated rings. The molecule has 2 aromatic rings. The number of carbonyl (C=O) groups excluding carboxylic acids is 1. The maximum Gasteiger partial charge on any atom is 0.217 e. The molecule has 0 spiro atoms. The van der Waals surface area contributed by atoms with Crippen molar-refractivity contribution in [2.24, 2.45) is 7.05 Å². The molecule has 0 radical (unpaired) electrons. The van der Waals surface area contributed by atoms with Crippen LogP contribution in [0.5, 0.6) is 0 Å². The number of aromatic nitrogens is 2. The number of ketones is 1. The first-order valence-electron chi connectivity index (χ1n) is 4.90. The van der Waals surface area contributed by atoms with Crippen LogP contribution in [0.15, 0.2) is 12.3 Å². The van der Waals surface area contributed by atoms with E-state index in [1.807, 2.05) is 0 Å². The predicted octanol–water partition coefficient (Wildman–Crippen LogP) is 2.35. The molecule has 0 atom stereocenters. The van der Waals surface area contributed by atoms with E-state index in [0.717, 1.165) is 16.9 Å². The Labute approximate surface area is 103 Å². The lowest BCUT2D eigenvalue weighted by molar-refractivity contribution is 0.101. The zero-order valence-electron chi connectivity index (χ0n) is 9.35. The molecular weight excluding hydrogens is 271 g/mol. The second-order valence-corrected chi connectivity index (χ2v) is 3.61. The molecule has 2 rings (SSSR count). The van der Waals surface area contributed by atoms with Gasteiger partial charge in [0.05, 0.1) is 0 Å². The average molecular weight is 276 g/mol. The molecule has 0 N–H and O–H groups in total. The summed E-state index contributed by atoms with van der Waals surface area (Å²) in [7, 11) is 1.29. The summed E-state index contributed by atoms with van der Waals surface area (Å²) in [5, 5.41) is 3.57. The summed E-state index contributed by atoms with van der Waals surface area (Å²) in [5.41, 5.74) is -1.80. The molecule has 0 amide bonds. The van der Waals surface area contributed by atoms with Crippen molar-refractivity contribution in [2.75, 3.05) is 0 Å². The van der Waals surface area contributed by atoms with Gasteiger partial charge in [0.25, 0.3) is 0 Å². The van der Waals surface area contributed by atoms with Crippen molar-refractivity contribution in [1.82, 2.24) is 9.78 Å². The Morgan fingerprint density at radius 3 is 1.89 bits per heavy atom. The van der Waals surface area contributed by atoms with E-state index in [-0.39, 0.29) is 5.69 Å². The lowest BCUT2D eigenvalue weighted by Crippen LogP contribution is -2.16. The topological polar surface area (TPSA) is 34.9 Å². The molecule has 0 saturated heterocycles. The van der Waals surface area contributed by atoms with Crippen LogP contribution in [0.1, 0.15) is 16.1 Å². The zero-order chi connectivity index (χ0) is 14.3. The third-order valence-electron chi connectivity index (χ3n) is 2.49. The van der Waals surface area contributed by atoms with E-state index in [2.05, 4.69) is 5.10 Å². The van der Waals surface area contributed by atoms with Crippen molar-refractivity contribution in [3.8, 4) is 0 Å². The predicted molar refractivity (Wildman–Crippen MR) is 52.9 cm³/mol. The lowest BCUT2D eigenvalue weighted by atomic mass is 10.1. The number of carbonyl (C=O) groups is 1. The molecule has 3 nitrogen and oxygen atoms in total. The van der Waals surface area contributed by atoms with Gasteiger partial charge in [-0.25, -0.2) is 22.0 Å². The van der Waals surface area contributed by atoms with Crippen LogP contribution >= 0.6 is 0 Å². The van der Waals surface area contributed by atoms with E-state index in [1.165, 1.54) is 7.05 Å². The average Bonchev–Trinajstić information content (AvgIpc) is 2.80. The van der Waals surface area contributed by atoms with Crippen molar-refractivity contribution in [1.29, 1.82) is 0 Å². The van der Waals surface area contributed by atoms with Gasteiger partial charge in [-0.05, 0) is 6.07 Å². The summed E-state index contributed by atoms with van der Waals surface area (Å²) in [6.07, 6.45) is 1.15. The number of nitrogens with zero attached hydrogens (tertiary/aromatic N) is 2. The Morgan fingerprint density at radius 2 is 1.47 bits per heavy atom. The van der Waals surface area contributed by atoms with Crippen LogP contribution in [0.3, 0.4) is 0 Å². The quantitative estimate of drug-likeness (QED) is 0.365. The van der Waals surface area contributed by atoms with E-state index in [9.17, 15) is 26.7 Å². The van der Waals surface area contributed by atoms with E-state index in [0.29, 0.717) is 0 Å². The number of hydrogen-bond acceptors (Lipinski definition) is 2. The molecular formula is C11H5F5N2O. The summed E-state index contributed by atoms with van der Waals surface area (Å²) < 4.78 is 66.5. The smallest absolute Gasteiger partial charge is 0.217 e. The minimum Gasteiger partial charge on any atom is -0.287 e. The third-order valence-corrected chi connectivity index (χ3v) is 2.49. The van der Waals surface area contributed by atoms with Gasteiger partial charge in [-0.15, -0.1) is 0 Å². The first kappa shape index (κ1) is 13.2. The van der Waals surface area contributed by atoms with Gasteiger partial charge in [0.2, 0.25) is 11.6 Å². The second-order valence-electron chi connectivity index (χ2n) is 3.61. The van der Waals surface area contributed by atoms with Gasteiger partial charge in [-0.1, -0.05) is 0 Å². The molecule has 1 aromatic heterocycles. The Morgan fingerprint density at radius 1 is 1.00 bits per heavy atom. The van der Waals surface area contributed by atoms with E-state index in [4.69, 9.17) is 0 Å². The minimum absolute atomic E-state index is 0.303. The zero-order valence-corrected chi connectivity index (χ0v) is 9.35. The Hall–Kier alpha value is -2.25. The first-order valence-corrected chi connectivity index (χ1v) is 4.90. The summed E-state index contributed by atoms with van der Waals surface area (Å²) in [6, 6.07) is 1.10. The van der Waals surface area contributed by atoms with Crippen molar-refractivity contribution in [2.45, 2.75) is 0 Å².